The Kier molecular flexibility index (Phi) is 6.75. The molecule has 6 rings (SSSR count). The third kappa shape index (κ3) is 4.52. The summed E-state index contributed by atoms with van der Waals surface area (Å²) in [7, 11) is 0. The number of rotatable bonds is 4. The minimum Gasteiger partial charge on any atom is -0.315 e. The van der Waals surface area contributed by atoms with Crippen molar-refractivity contribution in [3.05, 3.63) is 100 Å². The first-order valence-electron chi connectivity index (χ1n) is 14.3. The van der Waals surface area contributed by atoms with E-state index in [2.05, 4.69) is 162 Å². The van der Waals surface area contributed by atoms with Gasteiger partial charge in [-0.25, -0.2) is 0 Å². The zero-order valence-electron chi connectivity index (χ0n) is 24.9. The lowest BCUT2D eigenvalue weighted by molar-refractivity contribution is 0.411. The average Bonchev–Trinajstić information content (AvgIpc) is 3.37. The van der Waals surface area contributed by atoms with Crippen LogP contribution in [0.15, 0.2) is 95.4 Å². The lowest BCUT2D eigenvalue weighted by Gasteiger charge is -2.44. The first kappa shape index (κ1) is 27.3. The Balaban J connectivity index is 1.67. The van der Waals surface area contributed by atoms with Crippen molar-refractivity contribution in [1.82, 2.24) is 0 Å². The molecule has 5 heteroatoms. The van der Waals surface area contributed by atoms with Crippen molar-refractivity contribution < 1.29 is 0 Å². The van der Waals surface area contributed by atoms with E-state index in [1.165, 1.54) is 54.1 Å². The Hall–Kier alpha value is -2.89. The van der Waals surface area contributed by atoms with E-state index in [4.69, 9.17) is 0 Å². The summed E-state index contributed by atoms with van der Waals surface area (Å²) in [6.07, 6.45) is 0. The topological polar surface area (TPSA) is 6.48 Å². The van der Waals surface area contributed by atoms with Crippen LogP contribution in [-0.4, -0.2) is 12.0 Å². The fraction of sp³-hybridized carbons (Fsp3) is 0.314. The van der Waals surface area contributed by atoms with Crippen LogP contribution in [0.4, 0.5) is 28.4 Å². The molecular weight excluding hydrogens is 523 g/mol. The van der Waals surface area contributed by atoms with Crippen LogP contribution in [0.1, 0.15) is 60.3 Å². The second-order valence-electron chi connectivity index (χ2n) is 13.2. The maximum Gasteiger partial charge on any atom is 0.271 e. The van der Waals surface area contributed by atoms with E-state index in [9.17, 15) is 0 Å². The molecule has 4 aromatic rings. The molecule has 0 aliphatic carbocycles. The van der Waals surface area contributed by atoms with Crippen LogP contribution >= 0.6 is 23.1 Å². The van der Waals surface area contributed by atoms with E-state index in [-0.39, 0.29) is 17.5 Å². The Labute approximate surface area is 249 Å². The van der Waals surface area contributed by atoms with Crippen molar-refractivity contribution in [3.63, 3.8) is 0 Å². The van der Waals surface area contributed by atoms with E-state index in [0.29, 0.717) is 5.25 Å². The molecule has 0 bridgehead atoms. The van der Waals surface area contributed by atoms with Crippen LogP contribution < -0.4 is 20.0 Å². The van der Waals surface area contributed by atoms with E-state index in [0.717, 1.165) is 0 Å². The van der Waals surface area contributed by atoms with Crippen molar-refractivity contribution in [1.29, 1.82) is 0 Å². The third-order valence-electron chi connectivity index (χ3n) is 8.32. The van der Waals surface area contributed by atoms with Gasteiger partial charge in [0.2, 0.25) is 0 Å². The van der Waals surface area contributed by atoms with Crippen molar-refractivity contribution in [3.8, 4) is 0 Å². The molecule has 0 fully saturated rings. The number of hydrogen-bond donors (Lipinski definition) is 0. The maximum absolute atomic E-state index is 2.51. The van der Waals surface area contributed by atoms with Gasteiger partial charge in [0.15, 0.2) is 0 Å². The fourth-order valence-corrected chi connectivity index (χ4v) is 8.43. The second-order valence-corrected chi connectivity index (χ2v) is 15.6. The number of allylic oxidation sites excluding steroid dienone is 1. The van der Waals surface area contributed by atoms with Crippen molar-refractivity contribution in [2.45, 2.75) is 66.1 Å². The first-order valence-corrected chi connectivity index (χ1v) is 16.0. The highest BCUT2D eigenvalue weighted by atomic mass is 32.2. The van der Waals surface area contributed by atoms with E-state index < -0.39 is 0 Å². The van der Waals surface area contributed by atoms with Crippen LogP contribution in [0.3, 0.4) is 0 Å². The molecule has 1 aromatic heterocycles. The molecule has 2 nitrogen and oxygen atoms in total. The van der Waals surface area contributed by atoms with E-state index in [1.807, 2.05) is 11.3 Å². The molecule has 0 saturated heterocycles. The molecular formula is C35H39BN2S2. The van der Waals surface area contributed by atoms with Gasteiger partial charge in [0.05, 0.1) is 5.69 Å². The summed E-state index contributed by atoms with van der Waals surface area (Å²) < 4.78 is 1.46. The summed E-state index contributed by atoms with van der Waals surface area (Å²) >= 11 is 4.09. The Bertz CT molecular complexity index is 1580. The number of hydrogen-bond acceptors (Lipinski definition) is 4. The molecule has 0 saturated carbocycles. The minimum atomic E-state index is 0.0783. The van der Waals surface area contributed by atoms with Gasteiger partial charge in [-0.05, 0) is 70.5 Å². The molecule has 0 N–H and O–H groups in total. The molecule has 40 heavy (non-hydrogen) atoms. The fourth-order valence-electron chi connectivity index (χ4n) is 5.67. The molecule has 3 heterocycles. The molecule has 204 valence electrons. The van der Waals surface area contributed by atoms with Crippen LogP contribution in [0.25, 0.3) is 0 Å². The van der Waals surface area contributed by atoms with Crippen molar-refractivity contribution in [2.75, 3.05) is 9.80 Å². The van der Waals surface area contributed by atoms with Gasteiger partial charge < -0.3 is 9.80 Å². The van der Waals surface area contributed by atoms with Crippen LogP contribution in [-0.2, 0) is 5.41 Å². The maximum atomic E-state index is 2.51. The normalized spacial score (nSPS) is 15.8. The largest absolute Gasteiger partial charge is 0.315 e. The molecule has 3 aromatic carbocycles. The molecule has 0 radical (unpaired) electrons. The molecule has 0 spiro atoms. The number of anilines is 5. The number of thiophene rings is 1. The summed E-state index contributed by atoms with van der Waals surface area (Å²) in [5.74, 6) is 0. The predicted octanol–water partition coefficient (Wildman–Crippen LogP) is 9.53. The monoisotopic (exact) mass is 562 g/mol. The zero-order valence-corrected chi connectivity index (χ0v) is 26.6. The van der Waals surface area contributed by atoms with Gasteiger partial charge in [0.25, 0.3) is 6.71 Å². The number of benzene rings is 3. The molecule has 1 atom stereocenters. The molecule has 0 amide bonds. The second kappa shape index (κ2) is 9.89. The average molecular weight is 563 g/mol. The summed E-state index contributed by atoms with van der Waals surface area (Å²) in [5.41, 5.74) is 9.36. The lowest BCUT2D eigenvalue weighted by Crippen LogP contribution is -2.54. The van der Waals surface area contributed by atoms with Crippen molar-refractivity contribution >= 4 is 68.5 Å². The van der Waals surface area contributed by atoms with E-state index in [1.54, 1.807) is 0 Å². The number of thioether (sulfide) groups is 1. The van der Waals surface area contributed by atoms with Gasteiger partial charge in [-0.15, -0.1) is 11.8 Å². The van der Waals surface area contributed by atoms with Crippen LogP contribution in [0.2, 0.25) is 0 Å². The molecule has 1 unspecified atom stereocenters. The molecule has 2 aliphatic rings. The van der Waals surface area contributed by atoms with Gasteiger partial charge in [-0.2, -0.15) is 11.3 Å². The minimum absolute atomic E-state index is 0.0783. The molecule has 2 aliphatic heterocycles. The summed E-state index contributed by atoms with van der Waals surface area (Å²) in [4.78, 5) is 7.92. The predicted molar refractivity (Wildman–Crippen MR) is 181 cm³/mol. The zero-order chi connectivity index (χ0) is 28.4. The van der Waals surface area contributed by atoms with Gasteiger partial charge >= 0.3 is 0 Å². The summed E-state index contributed by atoms with van der Waals surface area (Å²) in [6, 6.07) is 31.2. The third-order valence-corrected chi connectivity index (χ3v) is 11.8. The highest BCUT2D eigenvalue weighted by Crippen LogP contribution is 2.49. The van der Waals surface area contributed by atoms with E-state index >= 15 is 0 Å². The first-order chi connectivity index (χ1) is 19.0. The summed E-state index contributed by atoms with van der Waals surface area (Å²) in [6.45, 7) is 19.1. The van der Waals surface area contributed by atoms with Gasteiger partial charge in [-0.1, -0.05) is 90.9 Å². The lowest BCUT2D eigenvalue weighted by atomic mass is 9.40. The smallest absolute Gasteiger partial charge is 0.271 e. The van der Waals surface area contributed by atoms with Gasteiger partial charge in [0, 0.05) is 43.4 Å². The Morgan fingerprint density at radius 1 is 0.725 bits per heavy atom. The SMILES string of the molecule is CC1=C(SC(C)C(C)(C)C)B2c3sc(C(C)(C)C)cc3N(c3ccccc3)c3cccc(c32)N1c1ccccc1. The summed E-state index contributed by atoms with van der Waals surface area (Å²) in [5, 5.41) is 0.460. The standard InChI is InChI=1S/C35H39BN2S2/c1-23-32(39-24(2)34(3,4)5)36-31-27(37(23)25-16-11-9-12-17-25)20-15-21-28(31)38(26-18-13-10-14-19-26)29-22-30(35(6,7)8)40-33(29)36/h9-22,24H,1-8H3. The number of nitrogens with zero attached hydrogens (tertiary/aromatic N) is 2. The van der Waals surface area contributed by atoms with Crippen LogP contribution in [0, 0.1) is 5.41 Å². The highest BCUT2D eigenvalue weighted by Gasteiger charge is 2.46. The Morgan fingerprint density at radius 3 is 1.82 bits per heavy atom. The number of fused-ring (bicyclic) bond motifs is 2. The van der Waals surface area contributed by atoms with Crippen molar-refractivity contribution in [2.24, 2.45) is 5.41 Å². The quantitative estimate of drug-likeness (QED) is 0.229. The van der Waals surface area contributed by atoms with Gasteiger partial charge in [-0.3, -0.25) is 0 Å². The Morgan fingerprint density at radius 2 is 1.27 bits per heavy atom. The highest BCUT2D eigenvalue weighted by molar-refractivity contribution is 8.06. The number of para-hydroxylation sites is 2. The van der Waals surface area contributed by atoms with Crippen LogP contribution in [0.5, 0.6) is 0 Å². The van der Waals surface area contributed by atoms with Gasteiger partial charge in [0.1, 0.15) is 0 Å².